The van der Waals surface area contributed by atoms with E-state index in [-0.39, 0.29) is 17.7 Å². The first-order chi connectivity index (χ1) is 6.74. The fraction of sp³-hybridized carbons (Fsp3) is 0.833. The van der Waals surface area contributed by atoms with Gasteiger partial charge in [0, 0.05) is 0 Å². The fourth-order valence-electron chi connectivity index (χ4n) is 2.02. The van der Waals surface area contributed by atoms with Gasteiger partial charge in [0.05, 0.1) is 0 Å². The summed E-state index contributed by atoms with van der Waals surface area (Å²) in [5, 5.41) is 0. The van der Waals surface area contributed by atoms with E-state index in [9.17, 15) is 9.59 Å². The minimum atomic E-state index is -0.817. The molecule has 2 atom stereocenters. The van der Waals surface area contributed by atoms with Gasteiger partial charge in [0.15, 0.2) is 0 Å². The first kappa shape index (κ1) is 12.2. The van der Waals surface area contributed by atoms with Gasteiger partial charge in [0.2, 0.25) is 0 Å². The van der Waals surface area contributed by atoms with Gasteiger partial charge in [-0.25, -0.2) is 0 Å². The Labute approximate surface area is 91.2 Å². The van der Waals surface area contributed by atoms with E-state index in [2.05, 4.69) is 0 Å². The number of hydrogen-bond acceptors (Lipinski definition) is 3. The second-order valence-corrected chi connectivity index (χ2v) is 5.34. The van der Waals surface area contributed by atoms with Gasteiger partial charge in [-0.2, -0.15) is 0 Å². The first-order valence-electron chi connectivity index (χ1n) is 5.48. The van der Waals surface area contributed by atoms with Crippen LogP contribution in [0, 0.1) is 11.3 Å². The minimum absolute atomic E-state index is 0.0522. The highest BCUT2D eigenvalue weighted by molar-refractivity contribution is 6.06. The van der Waals surface area contributed by atoms with Crippen molar-refractivity contribution in [3.63, 3.8) is 0 Å². The SMILES string of the molecule is CCC1CC1(C(C)=O)C(=O)OC(C)(C)C. The van der Waals surface area contributed by atoms with Gasteiger partial charge < -0.3 is 4.74 Å². The maximum atomic E-state index is 11.9. The van der Waals surface area contributed by atoms with Crippen LogP contribution in [0.1, 0.15) is 47.5 Å². The van der Waals surface area contributed by atoms with Gasteiger partial charge in [-0.1, -0.05) is 13.3 Å². The van der Waals surface area contributed by atoms with Crippen molar-refractivity contribution in [2.24, 2.45) is 11.3 Å². The van der Waals surface area contributed by atoms with E-state index in [1.54, 1.807) is 0 Å². The van der Waals surface area contributed by atoms with Gasteiger partial charge in [-0.3, -0.25) is 9.59 Å². The lowest BCUT2D eigenvalue weighted by atomic mass is 9.97. The van der Waals surface area contributed by atoms with Gasteiger partial charge in [-0.15, -0.1) is 0 Å². The maximum Gasteiger partial charge on any atom is 0.320 e. The zero-order valence-corrected chi connectivity index (χ0v) is 10.2. The van der Waals surface area contributed by atoms with Gasteiger partial charge >= 0.3 is 5.97 Å². The molecule has 0 N–H and O–H groups in total. The highest BCUT2D eigenvalue weighted by Crippen LogP contribution is 2.56. The molecule has 1 aliphatic carbocycles. The molecule has 0 amide bonds. The Morgan fingerprint density at radius 1 is 1.40 bits per heavy atom. The molecule has 0 heterocycles. The maximum absolute atomic E-state index is 11.9. The molecule has 3 heteroatoms. The summed E-state index contributed by atoms with van der Waals surface area (Å²) in [4.78, 5) is 23.4. The molecule has 0 aromatic heterocycles. The third-order valence-electron chi connectivity index (χ3n) is 2.99. The monoisotopic (exact) mass is 212 g/mol. The van der Waals surface area contributed by atoms with Crippen molar-refractivity contribution >= 4 is 11.8 Å². The molecule has 0 bridgehead atoms. The molecule has 3 nitrogen and oxygen atoms in total. The van der Waals surface area contributed by atoms with Crippen LogP contribution in [-0.4, -0.2) is 17.4 Å². The highest BCUT2D eigenvalue weighted by atomic mass is 16.6. The Morgan fingerprint density at radius 2 is 1.93 bits per heavy atom. The molecular weight excluding hydrogens is 192 g/mol. The third kappa shape index (κ3) is 2.21. The summed E-state index contributed by atoms with van der Waals surface area (Å²) < 4.78 is 5.30. The van der Waals surface area contributed by atoms with Crippen molar-refractivity contribution < 1.29 is 14.3 Å². The molecule has 0 saturated heterocycles. The number of Topliss-reactive ketones (excluding diaryl/α,β-unsaturated/α-hetero) is 1. The minimum Gasteiger partial charge on any atom is -0.459 e. The molecule has 1 rings (SSSR count). The van der Waals surface area contributed by atoms with Crippen LogP contribution >= 0.6 is 0 Å². The van der Waals surface area contributed by atoms with Crippen LogP contribution < -0.4 is 0 Å². The summed E-state index contributed by atoms with van der Waals surface area (Å²) in [6, 6.07) is 0. The summed E-state index contributed by atoms with van der Waals surface area (Å²) in [6.45, 7) is 8.95. The summed E-state index contributed by atoms with van der Waals surface area (Å²) in [5.41, 5.74) is -1.33. The van der Waals surface area contributed by atoms with E-state index in [1.165, 1.54) is 6.92 Å². The highest BCUT2D eigenvalue weighted by Gasteiger charge is 2.64. The van der Waals surface area contributed by atoms with Crippen LogP contribution in [0.3, 0.4) is 0 Å². The average molecular weight is 212 g/mol. The molecule has 0 aromatic rings. The Kier molecular flexibility index (Phi) is 2.94. The van der Waals surface area contributed by atoms with Gasteiger partial charge in [0.25, 0.3) is 0 Å². The van der Waals surface area contributed by atoms with Crippen molar-refractivity contribution in [2.75, 3.05) is 0 Å². The summed E-state index contributed by atoms with van der Waals surface area (Å²) in [6.07, 6.45) is 1.52. The zero-order valence-electron chi connectivity index (χ0n) is 10.2. The molecule has 15 heavy (non-hydrogen) atoms. The molecule has 0 aliphatic heterocycles. The van der Waals surface area contributed by atoms with E-state index in [0.717, 1.165) is 6.42 Å². The number of carbonyl (C=O) groups is 2. The first-order valence-corrected chi connectivity index (χ1v) is 5.48. The molecule has 86 valence electrons. The smallest absolute Gasteiger partial charge is 0.320 e. The van der Waals surface area contributed by atoms with Crippen LogP contribution in [0.15, 0.2) is 0 Å². The van der Waals surface area contributed by atoms with Crippen molar-refractivity contribution in [3.8, 4) is 0 Å². The quantitative estimate of drug-likeness (QED) is 0.532. The van der Waals surface area contributed by atoms with Crippen LogP contribution in [0.4, 0.5) is 0 Å². The normalized spacial score (nSPS) is 29.8. The Balaban J connectivity index is 2.77. The molecule has 2 unspecified atom stereocenters. The van der Waals surface area contributed by atoms with Crippen LogP contribution in [-0.2, 0) is 14.3 Å². The van der Waals surface area contributed by atoms with Crippen molar-refractivity contribution in [1.29, 1.82) is 0 Å². The summed E-state index contributed by atoms with van der Waals surface area (Å²) >= 11 is 0. The lowest BCUT2D eigenvalue weighted by Crippen LogP contribution is -2.34. The van der Waals surface area contributed by atoms with Crippen LogP contribution in [0.2, 0.25) is 0 Å². The van der Waals surface area contributed by atoms with E-state index in [4.69, 9.17) is 4.74 Å². The summed E-state index contributed by atoms with van der Waals surface area (Å²) in [5.74, 6) is -0.206. The molecule has 0 radical (unpaired) electrons. The lowest BCUT2D eigenvalue weighted by molar-refractivity contribution is -0.164. The number of ketones is 1. The van der Waals surface area contributed by atoms with E-state index >= 15 is 0 Å². The number of ether oxygens (including phenoxy) is 1. The molecule has 0 spiro atoms. The molecular formula is C12H20O3. The molecule has 1 fully saturated rings. The number of rotatable bonds is 3. The number of hydrogen-bond donors (Lipinski definition) is 0. The Bertz CT molecular complexity index is 288. The zero-order chi connectivity index (χ0) is 11.9. The fourth-order valence-corrected chi connectivity index (χ4v) is 2.02. The predicted octanol–water partition coefficient (Wildman–Crippen LogP) is 2.33. The second kappa shape index (κ2) is 3.62. The number of esters is 1. The topological polar surface area (TPSA) is 43.4 Å². The molecule has 1 saturated carbocycles. The second-order valence-electron chi connectivity index (χ2n) is 5.34. The largest absolute Gasteiger partial charge is 0.459 e. The van der Waals surface area contributed by atoms with Crippen molar-refractivity contribution in [2.45, 2.75) is 53.1 Å². The van der Waals surface area contributed by atoms with Crippen molar-refractivity contribution in [1.82, 2.24) is 0 Å². The number of carbonyl (C=O) groups excluding carboxylic acids is 2. The standard InChI is InChI=1S/C12H20O3/c1-6-9-7-12(9,8(2)13)10(14)15-11(3,4)5/h9H,6-7H2,1-5H3. The van der Waals surface area contributed by atoms with Crippen LogP contribution in [0.25, 0.3) is 0 Å². The van der Waals surface area contributed by atoms with E-state index < -0.39 is 11.0 Å². The van der Waals surface area contributed by atoms with E-state index in [1.807, 2.05) is 27.7 Å². The Hall–Kier alpha value is -0.860. The lowest BCUT2D eigenvalue weighted by Gasteiger charge is -2.23. The van der Waals surface area contributed by atoms with Gasteiger partial charge in [0.1, 0.15) is 16.8 Å². The molecule has 0 aromatic carbocycles. The van der Waals surface area contributed by atoms with Crippen molar-refractivity contribution in [3.05, 3.63) is 0 Å². The Morgan fingerprint density at radius 3 is 2.20 bits per heavy atom. The third-order valence-corrected chi connectivity index (χ3v) is 2.99. The summed E-state index contributed by atoms with van der Waals surface area (Å²) in [7, 11) is 0. The molecule has 1 aliphatic rings. The average Bonchev–Trinajstić information content (AvgIpc) is 2.75. The van der Waals surface area contributed by atoms with Crippen LogP contribution in [0.5, 0.6) is 0 Å². The van der Waals surface area contributed by atoms with Gasteiger partial charge in [-0.05, 0) is 40.0 Å². The van der Waals surface area contributed by atoms with E-state index in [0.29, 0.717) is 6.42 Å². The predicted molar refractivity (Wildman–Crippen MR) is 57.4 cm³/mol.